The van der Waals surface area contributed by atoms with Crippen LogP contribution in [0.2, 0.25) is 0 Å². The van der Waals surface area contributed by atoms with E-state index in [1.165, 1.54) is 0 Å². The number of hydrogen-bond acceptors (Lipinski definition) is 2. The normalized spacial score (nSPS) is 1.60. The Morgan fingerprint density at radius 2 is 0.800 bits per heavy atom. The second kappa shape index (κ2) is 35.7. The van der Waals surface area contributed by atoms with Crippen molar-refractivity contribution in [2.75, 3.05) is 0 Å². The Hall–Kier alpha value is 2.12. The Balaban J connectivity index is -0.0000000133. The molecule has 0 aromatic rings. The summed E-state index contributed by atoms with van der Waals surface area (Å²) in [5.41, 5.74) is 0. The van der Waals surface area contributed by atoms with E-state index in [1.54, 1.807) is 0 Å². The molecule has 0 N–H and O–H groups in total. The Labute approximate surface area is 77.2 Å². The van der Waals surface area contributed by atoms with E-state index in [1.807, 2.05) is 0 Å². The van der Waals surface area contributed by atoms with Crippen molar-refractivity contribution in [2.24, 2.45) is 0 Å². The van der Waals surface area contributed by atoms with E-state index in [0.717, 1.165) is 0 Å². The van der Waals surface area contributed by atoms with Crippen molar-refractivity contribution in [2.45, 2.75) is 0 Å². The van der Waals surface area contributed by atoms with Gasteiger partial charge in [-0.2, -0.15) is 0 Å². The molecule has 0 aliphatic heterocycles. The zero-order valence-corrected chi connectivity index (χ0v) is 12.3. The van der Waals surface area contributed by atoms with Crippen LogP contribution in [0, 0.1) is 0 Å². The summed E-state index contributed by atoms with van der Waals surface area (Å²) < 4.78 is 16.7. The Morgan fingerprint density at radius 3 is 0.800 bits per heavy atom. The molecule has 0 rings (SSSR count). The molecular formula is CdO2Sn2. The molecule has 5 heteroatoms. The van der Waals surface area contributed by atoms with Crippen LogP contribution in [0.4, 0.5) is 0 Å². The van der Waals surface area contributed by atoms with Gasteiger partial charge in [-0.1, -0.05) is 0 Å². The van der Waals surface area contributed by atoms with Crippen molar-refractivity contribution in [1.82, 2.24) is 0 Å². The summed E-state index contributed by atoms with van der Waals surface area (Å²) in [6, 6.07) is 0. The van der Waals surface area contributed by atoms with Gasteiger partial charge in [0.15, 0.2) is 0 Å². The van der Waals surface area contributed by atoms with Crippen LogP contribution in [0.3, 0.4) is 0 Å². The minimum atomic E-state index is 0. The molecule has 0 spiro atoms. The molecule has 0 aliphatic rings. The first kappa shape index (κ1) is 15.7. The van der Waals surface area contributed by atoms with Crippen molar-refractivity contribution in [1.29, 1.82) is 0 Å². The van der Waals surface area contributed by atoms with Gasteiger partial charge < -0.3 is 0 Å². The average Bonchev–Trinajstić information content (AvgIpc) is 1.50. The van der Waals surface area contributed by atoms with Crippen molar-refractivity contribution < 1.29 is 33.5 Å². The second-order valence-corrected chi connectivity index (χ2v) is 0. The second-order valence-electron chi connectivity index (χ2n) is 0. The van der Waals surface area contributed by atoms with E-state index in [-0.39, 0.29) is 27.3 Å². The zero-order valence-electron chi connectivity index (χ0n) is 2.52. The monoisotopic (exact) mass is 386 g/mol. The van der Waals surface area contributed by atoms with Crippen molar-refractivity contribution in [3.05, 3.63) is 0 Å². The van der Waals surface area contributed by atoms with Crippen LogP contribution in [0.25, 0.3) is 0 Å². The van der Waals surface area contributed by atoms with Gasteiger partial charge in [-0.15, -0.1) is 0 Å². The molecule has 0 unspecified atom stereocenters. The van der Waals surface area contributed by atoms with Crippen LogP contribution in [0.15, 0.2) is 0 Å². The quantitative estimate of drug-likeness (QED) is 0.504. The molecular weight excluding hydrogens is 382 g/mol. The average molecular weight is 382 g/mol. The molecule has 0 aromatic carbocycles. The summed E-state index contributed by atoms with van der Waals surface area (Å²) in [5.74, 6) is 0. The summed E-state index contributed by atoms with van der Waals surface area (Å²) in [7, 11) is 0. The number of hydrogen-bond donors (Lipinski definition) is 0. The van der Waals surface area contributed by atoms with Gasteiger partial charge in [0, 0.05) is 27.3 Å². The van der Waals surface area contributed by atoms with E-state index in [9.17, 15) is 0 Å². The van der Waals surface area contributed by atoms with Gasteiger partial charge in [0.1, 0.15) is 0 Å². The molecule has 0 saturated heterocycles. The summed E-state index contributed by atoms with van der Waals surface area (Å²) in [4.78, 5) is 0. The predicted molar refractivity (Wildman–Crippen MR) is 12.9 cm³/mol. The summed E-state index contributed by atoms with van der Waals surface area (Å²) in [5, 5.41) is 0. The topological polar surface area (TPSA) is 34.1 Å². The molecule has 0 saturated carbocycles. The predicted octanol–water partition coefficient (Wildman–Crippen LogP) is -1.00. The SMILES string of the molecule is [Cd].[O]=[Sn].[O]=[Sn]. The molecule has 0 atom stereocenters. The molecule has 0 bridgehead atoms. The van der Waals surface area contributed by atoms with Gasteiger partial charge in [-0.05, 0) is 0 Å². The third-order valence-electron chi connectivity index (χ3n) is 0. The van der Waals surface area contributed by atoms with Crippen LogP contribution in [-0.4, -0.2) is 45.0 Å². The molecule has 0 aromatic heterocycles. The van der Waals surface area contributed by atoms with Gasteiger partial charge in [-0.25, -0.2) is 0 Å². The van der Waals surface area contributed by atoms with Gasteiger partial charge in [0.25, 0.3) is 0 Å². The maximum atomic E-state index is 8.34. The first-order valence-corrected chi connectivity index (χ1v) is 2.74. The van der Waals surface area contributed by atoms with E-state index >= 15 is 0 Å². The van der Waals surface area contributed by atoms with E-state index < -0.39 is 0 Å². The summed E-state index contributed by atoms with van der Waals surface area (Å²) >= 11 is 0.600. The fourth-order valence-electron chi connectivity index (χ4n) is 0. The van der Waals surface area contributed by atoms with Crippen LogP contribution in [-0.2, 0) is 33.5 Å². The van der Waals surface area contributed by atoms with Gasteiger partial charge in [0.2, 0.25) is 0 Å². The molecule has 0 aliphatic carbocycles. The van der Waals surface area contributed by atoms with Crippen LogP contribution in [0.5, 0.6) is 0 Å². The van der Waals surface area contributed by atoms with Crippen molar-refractivity contribution >= 4 is 45.0 Å². The molecule has 5 heavy (non-hydrogen) atoms. The van der Waals surface area contributed by atoms with Crippen LogP contribution >= 0.6 is 0 Å². The van der Waals surface area contributed by atoms with Crippen molar-refractivity contribution in [3.63, 3.8) is 0 Å². The summed E-state index contributed by atoms with van der Waals surface area (Å²) in [6.45, 7) is 0. The Morgan fingerprint density at radius 1 is 0.800 bits per heavy atom. The van der Waals surface area contributed by atoms with Gasteiger partial charge in [-0.3, -0.25) is 0 Å². The molecule has 0 fully saturated rings. The molecule has 0 amide bonds. The summed E-state index contributed by atoms with van der Waals surface area (Å²) in [6.07, 6.45) is 0. The molecule has 2 nitrogen and oxygen atoms in total. The van der Waals surface area contributed by atoms with E-state index in [0.29, 0.717) is 45.0 Å². The van der Waals surface area contributed by atoms with E-state index in [2.05, 4.69) is 0 Å². The minimum absolute atomic E-state index is 0. The fraction of sp³-hybridized carbons (Fsp3) is 0. The molecule has 22 valence electrons. The van der Waals surface area contributed by atoms with E-state index in [4.69, 9.17) is 6.15 Å². The fourth-order valence-corrected chi connectivity index (χ4v) is 0. The van der Waals surface area contributed by atoms with Gasteiger partial charge in [0.05, 0.1) is 0 Å². The molecule has 0 heterocycles. The van der Waals surface area contributed by atoms with Crippen LogP contribution in [0.1, 0.15) is 0 Å². The first-order chi connectivity index (χ1) is 2.00. The Kier molecular flexibility index (Phi) is 112. The number of rotatable bonds is 0. The van der Waals surface area contributed by atoms with Crippen LogP contribution < -0.4 is 0 Å². The molecule has 4 radical (unpaired) electrons. The van der Waals surface area contributed by atoms with Gasteiger partial charge >= 0.3 is 51.2 Å². The standard InChI is InChI=1S/Cd.2O.2Sn. The zero-order chi connectivity index (χ0) is 4.00. The third-order valence-corrected chi connectivity index (χ3v) is 0. The van der Waals surface area contributed by atoms with Crippen molar-refractivity contribution in [3.8, 4) is 0 Å². The maximum absolute atomic E-state index is 8.34. The first-order valence-electron chi connectivity index (χ1n) is 0.408. The Bertz CT molecular complexity index is 9.61. The third kappa shape index (κ3) is 23.1.